The van der Waals surface area contributed by atoms with Crippen LogP contribution in [0.25, 0.3) is 0 Å². The lowest BCUT2D eigenvalue weighted by molar-refractivity contribution is -0.133. The van der Waals surface area contributed by atoms with Gasteiger partial charge in [0.2, 0.25) is 11.8 Å². The van der Waals surface area contributed by atoms with Crippen molar-refractivity contribution >= 4 is 11.8 Å². The maximum atomic E-state index is 12.6. The predicted molar refractivity (Wildman–Crippen MR) is 105 cm³/mol. The minimum Gasteiger partial charge on any atom is -0.350 e. The molecule has 2 aliphatic heterocycles. The summed E-state index contributed by atoms with van der Waals surface area (Å²) in [7, 11) is 0. The first-order chi connectivity index (χ1) is 13.2. The molecule has 27 heavy (non-hydrogen) atoms. The quantitative estimate of drug-likeness (QED) is 0.831. The summed E-state index contributed by atoms with van der Waals surface area (Å²) in [5.74, 6) is 0.490. The van der Waals surface area contributed by atoms with Gasteiger partial charge in [0.15, 0.2) is 0 Å². The highest BCUT2D eigenvalue weighted by Gasteiger charge is 2.32. The van der Waals surface area contributed by atoms with Gasteiger partial charge in [0.25, 0.3) is 0 Å². The molecule has 3 heterocycles. The van der Waals surface area contributed by atoms with Gasteiger partial charge in [0.05, 0.1) is 18.2 Å². The summed E-state index contributed by atoms with van der Waals surface area (Å²) in [6.07, 6.45) is 7.40. The van der Waals surface area contributed by atoms with Crippen molar-refractivity contribution in [1.82, 2.24) is 20.1 Å². The van der Waals surface area contributed by atoms with Gasteiger partial charge >= 0.3 is 0 Å². The monoisotopic (exact) mass is 372 g/mol. The fourth-order valence-corrected chi connectivity index (χ4v) is 4.23. The molecule has 0 aliphatic carbocycles. The fraction of sp³-hybridized carbons (Fsp3) is 0.667. The molecule has 148 valence electrons. The number of hydrogen-bond acceptors (Lipinski definition) is 4. The zero-order valence-electron chi connectivity index (χ0n) is 16.4. The van der Waals surface area contributed by atoms with E-state index in [0.29, 0.717) is 24.9 Å². The Hall–Kier alpha value is -1.95. The Balaban J connectivity index is 1.45. The summed E-state index contributed by atoms with van der Waals surface area (Å²) in [5.41, 5.74) is 0.891. The zero-order chi connectivity index (χ0) is 19.1. The minimum atomic E-state index is 0.0576. The molecule has 0 aromatic carbocycles. The summed E-state index contributed by atoms with van der Waals surface area (Å²) in [6, 6.07) is 6.25. The summed E-state index contributed by atoms with van der Waals surface area (Å²) in [6.45, 7) is 6.16. The number of piperidine rings is 2. The van der Waals surface area contributed by atoms with Gasteiger partial charge in [0.1, 0.15) is 0 Å². The van der Waals surface area contributed by atoms with Gasteiger partial charge in [-0.3, -0.25) is 19.5 Å². The number of pyridine rings is 1. The molecule has 6 heteroatoms. The van der Waals surface area contributed by atoms with E-state index in [1.54, 1.807) is 6.20 Å². The number of aromatic nitrogens is 1. The van der Waals surface area contributed by atoms with Gasteiger partial charge in [-0.1, -0.05) is 13.0 Å². The van der Waals surface area contributed by atoms with Gasteiger partial charge in [-0.15, -0.1) is 0 Å². The van der Waals surface area contributed by atoms with Crippen LogP contribution in [0.15, 0.2) is 24.4 Å². The molecule has 6 nitrogen and oxygen atoms in total. The molecule has 0 saturated carbocycles. The minimum absolute atomic E-state index is 0.0576. The van der Waals surface area contributed by atoms with Crippen molar-refractivity contribution in [2.24, 2.45) is 5.92 Å². The lowest BCUT2D eigenvalue weighted by Gasteiger charge is -2.42. The number of nitrogens with zero attached hydrogens (tertiary/aromatic N) is 3. The van der Waals surface area contributed by atoms with Crippen LogP contribution in [0.3, 0.4) is 0 Å². The van der Waals surface area contributed by atoms with Crippen LogP contribution in [0, 0.1) is 5.92 Å². The molecule has 0 bridgehead atoms. The van der Waals surface area contributed by atoms with Crippen LogP contribution in [-0.2, 0) is 16.1 Å². The van der Waals surface area contributed by atoms with E-state index in [1.165, 1.54) is 0 Å². The Kier molecular flexibility index (Phi) is 7.21. The highest BCUT2D eigenvalue weighted by Crippen LogP contribution is 2.24. The second kappa shape index (κ2) is 9.83. The Morgan fingerprint density at radius 1 is 1.19 bits per heavy atom. The van der Waals surface area contributed by atoms with Crippen LogP contribution in [0.5, 0.6) is 0 Å². The predicted octanol–water partition coefficient (Wildman–Crippen LogP) is 2.20. The Morgan fingerprint density at radius 3 is 2.70 bits per heavy atom. The summed E-state index contributed by atoms with van der Waals surface area (Å²) < 4.78 is 0. The maximum absolute atomic E-state index is 12.6. The highest BCUT2D eigenvalue weighted by atomic mass is 16.2. The van der Waals surface area contributed by atoms with E-state index < -0.39 is 0 Å². The first-order valence-corrected chi connectivity index (χ1v) is 10.4. The number of amides is 2. The molecule has 2 amide bonds. The van der Waals surface area contributed by atoms with Crippen LogP contribution in [0.2, 0.25) is 0 Å². The summed E-state index contributed by atoms with van der Waals surface area (Å²) in [4.78, 5) is 33.4. The van der Waals surface area contributed by atoms with Crippen molar-refractivity contribution < 1.29 is 9.59 Å². The average molecular weight is 373 g/mol. The van der Waals surface area contributed by atoms with Gasteiger partial charge in [-0.2, -0.15) is 0 Å². The normalized spacial score (nSPS) is 21.8. The van der Waals surface area contributed by atoms with E-state index in [9.17, 15) is 9.59 Å². The molecule has 1 aromatic heterocycles. The molecule has 1 aromatic rings. The topological polar surface area (TPSA) is 65.5 Å². The average Bonchev–Trinajstić information content (AvgIpc) is 2.73. The van der Waals surface area contributed by atoms with Crippen molar-refractivity contribution in [1.29, 1.82) is 0 Å². The largest absolute Gasteiger partial charge is 0.350 e. The number of hydrogen-bond donors (Lipinski definition) is 1. The number of nitrogens with one attached hydrogen (secondary N) is 1. The lowest BCUT2D eigenvalue weighted by atomic mass is 9.93. The van der Waals surface area contributed by atoms with Gasteiger partial charge in [-0.25, -0.2) is 0 Å². The van der Waals surface area contributed by atoms with Gasteiger partial charge in [-0.05, 0) is 50.8 Å². The summed E-state index contributed by atoms with van der Waals surface area (Å²) in [5, 5.41) is 3.05. The molecule has 0 spiro atoms. The smallest absolute Gasteiger partial charge is 0.224 e. The lowest BCUT2D eigenvalue weighted by Crippen LogP contribution is -2.51. The maximum Gasteiger partial charge on any atom is 0.224 e. The van der Waals surface area contributed by atoms with Crippen LogP contribution in [-0.4, -0.2) is 58.8 Å². The zero-order valence-corrected chi connectivity index (χ0v) is 16.4. The Bertz CT molecular complexity index is 614. The first-order valence-electron chi connectivity index (χ1n) is 10.4. The molecule has 2 fully saturated rings. The molecule has 2 saturated heterocycles. The van der Waals surface area contributed by atoms with Crippen LogP contribution in [0.4, 0.5) is 0 Å². The van der Waals surface area contributed by atoms with E-state index in [1.807, 2.05) is 23.1 Å². The molecular weight excluding hydrogens is 340 g/mol. The number of carbonyl (C=O) groups is 2. The van der Waals surface area contributed by atoms with E-state index in [0.717, 1.165) is 64.0 Å². The third kappa shape index (κ3) is 5.51. The van der Waals surface area contributed by atoms with Crippen LogP contribution < -0.4 is 5.32 Å². The number of rotatable bonds is 6. The molecule has 2 aliphatic rings. The van der Waals surface area contributed by atoms with Gasteiger partial charge < -0.3 is 10.2 Å². The van der Waals surface area contributed by atoms with E-state index in [-0.39, 0.29) is 11.8 Å². The van der Waals surface area contributed by atoms with E-state index in [4.69, 9.17) is 0 Å². The van der Waals surface area contributed by atoms with Crippen molar-refractivity contribution in [3.8, 4) is 0 Å². The molecule has 1 atom stereocenters. The third-order valence-electron chi connectivity index (χ3n) is 5.79. The molecule has 0 unspecified atom stereocenters. The summed E-state index contributed by atoms with van der Waals surface area (Å²) >= 11 is 0. The van der Waals surface area contributed by atoms with Crippen molar-refractivity contribution in [2.75, 3.05) is 26.2 Å². The first kappa shape index (κ1) is 19.8. The van der Waals surface area contributed by atoms with Crippen molar-refractivity contribution in [3.63, 3.8) is 0 Å². The molecular formula is C21H32N4O2. The fourth-order valence-electron chi connectivity index (χ4n) is 4.23. The van der Waals surface area contributed by atoms with Crippen LogP contribution >= 0.6 is 0 Å². The Morgan fingerprint density at radius 2 is 2.00 bits per heavy atom. The molecule has 3 rings (SSSR count). The SMILES string of the molecule is CCCC(=O)N1CCC(N2CCC[C@@H](C(=O)NCc3ccccn3)C2)CC1. The third-order valence-corrected chi connectivity index (χ3v) is 5.79. The van der Waals surface area contributed by atoms with Gasteiger partial charge in [0, 0.05) is 38.3 Å². The van der Waals surface area contributed by atoms with E-state index in [2.05, 4.69) is 22.1 Å². The molecule has 1 N–H and O–H groups in total. The second-order valence-corrected chi connectivity index (χ2v) is 7.73. The highest BCUT2D eigenvalue weighted by molar-refractivity contribution is 5.79. The molecule has 0 radical (unpaired) electrons. The van der Waals surface area contributed by atoms with Crippen LogP contribution in [0.1, 0.15) is 51.1 Å². The standard InChI is InChI=1S/C21H32N4O2/c1-2-6-20(26)24-13-9-19(10-14-24)25-12-5-7-17(16-25)21(27)23-15-18-8-3-4-11-22-18/h3-4,8,11,17,19H,2,5-7,9-10,12-16H2,1H3,(H,23,27)/t17-/m1/s1. The second-order valence-electron chi connectivity index (χ2n) is 7.73. The van der Waals surface area contributed by atoms with E-state index >= 15 is 0 Å². The number of likely N-dealkylation sites (tertiary alicyclic amines) is 2. The number of carbonyl (C=O) groups excluding carboxylic acids is 2. The van der Waals surface area contributed by atoms with Crippen molar-refractivity contribution in [2.45, 2.75) is 58.0 Å². The Labute approximate surface area is 162 Å². The van der Waals surface area contributed by atoms with Crippen molar-refractivity contribution in [3.05, 3.63) is 30.1 Å².